The molecule has 0 bridgehead atoms. The molecule has 0 aliphatic carbocycles. The van der Waals surface area contributed by atoms with Crippen LogP contribution in [0, 0.1) is 20.6 Å². The van der Waals surface area contributed by atoms with Gasteiger partial charge in [-0.2, -0.15) is 0 Å². The van der Waals surface area contributed by atoms with Crippen molar-refractivity contribution < 1.29 is 4.92 Å². The summed E-state index contributed by atoms with van der Waals surface area (Å²) in [4.78, 5) is 12.5. The molecule has 2 rings (SSSR count). The highest BCUT2D eigenvalue weighted by Crippen LogP contribution is 2.30. The number of hydrogen-bond acceptors (Lipinski definition) is 3. The van der Waals surface area contributed by atoms with Crippen LogP contribution in [-0.4, -0.2) is 12.0 Å². The highest BCUT2D eigenvalue weighted by atomic mass is 127. The molecule has 0 heterocycles. The Morgan fingerprint density at radius 1 is 1.21 bits per heavy atom. The molecule has 0 aliphatic heterocycles. The summed E-state index contributed by atoms with van der Waals surface area (Å²) in [5.74, 6) is 0. The van der Waals surface area contributed by atoms with Crippen molar-refractivity contribution in [1.29, 1.82) is 0 Å². The van der Waals surface area contributed by atoms with Crippen molar-refractivity contribution in [2.75, 3.05) is 11.9 Å². The number of anilines is 2. The van der Waals surface area contributed by atoms with Crippen molar-refractivity contribution in [2.24, 2.45) is 0 Å². The van der Waals surface area contributed by atoms with E-state index in [0.29, 0.717) is 3.57 Å². The zero-order valence-corrected chi connectivity index (χ0v) is 12.8. The second-order valence-electron chi connectivity index (χ2n) is 4.24. The molecule has 0 aromatic heterocycles. The fraction of sp³-hybridized carbons (Fsp3) is 0.143. The highest BCUT2D eigenvalue weighted by Gasteiger charge is 2.14. The molecule has 0 saturated heterocycles. The van der Waals surface area contributed by atoms with Crippen LogP contribution in [0.3, 0.4) is 0 Å². The normalized spacial score (nSPS) is 10.3. The average Bonchev–Trinajstić information content (AvgIpc) is 2.38. The molecule has 2 aromatic rings. The summed E-state index contributed by atoms with van der Waals surface area (Å²) < 4.78 is 0.639. The Bertz CT molecular complexity index is 629. The number of halogens is 1. The summed E-state index contributed by atoms with van der Waals surface area (Å²) in [5.41, 5.74) is 3.33. The van der Waals surface area contributed by atoms with Crippen LogP contribution in [0.4, 0.5) is 17.1 Å². The quantitative estimate of drug-likeness (QED) is 0.462. The maximum absolute atomic E-state index is 10.8. The average molecular weight is 368 g/mol. The van der Waals surface area contributed by atoms with Gasteiger partial charge in [0.15, 0.2) is 0 Å². The predicted molar refractivity (Wildman–Crippen MR) is 85.1 cm³/mol. The van der Waals surface area contributed by atoms with E-state index in [2.05, 4.69) is 0 Å². The molecule has 0 fully saturated rings. The first kappa shape index (κ1) is 13.8. The van der Waals surface area contributed by atoms with E-state index in [4.69, 9.17) is 0 Å². The molecular weight excluding hydrogens is 355 g/mol. The Morgan fingerprint density at radius 3 is 2.47 bits per heavy atom. The van der Waals surface area contributed by atoms with Gasteiger partial charge in [-0.25, -0.2) is 0 Å². The van der Waals surface area contributed by atoms with Crippen LogP contribution < -0.4 is 4.90 Å². The SMILES string of the molecule is Cc1ccccc1N(C)c1ccc([N+](=O)[O-])c(I)c1. The van der Waals surface area contributed by atoms with E-state index in [9.17, 15) is 10.1 Å². The van der Waals surface area contributed by atoms with Crippen LogP contribution in [0.2, 0.25) is 0 Å². The molecule has 4 nitrogen and oxygen atoms in total. The fourth-order valence-corrected chi connectivity index (χ4v) is 2.63. The molecule has 0 N–H and O–H groups in total. The van der Waals surface area contributed by atoms with Gasteiger partial charge in [0.2, 0.25) is 0 Å². The van der Waals surface area contributed by atoms with E-state index in [1.807, 2.05) is 71.8 Å². The van der Waals surface area contributed by atoms with Crippen molar-refractivity contribution in [3.63, 3.8) is 0 Å². The van der Waals surface area contributed by atoms with Gasteiger partial charge in [0.1, 0.15) is 0 Å². The summed E-state index contributed by atoms with van der Waals surface area (Å²) in [7, 11) is 1.96. The van der Waals surface area contributed by atoms with Crippen LogP contribution >= 0.6 is 22.6 Å². The van der Waals surface area contributed by atoms with Gasteiger partial charge in [-0.15, -0.1) is 0 Å². The Hall–Kier alpha value is -1.63. The van der Waals surface area contributed by atoms with E-state index in [1.165, 1.54) is 5.56 Å². The van der Waals surface area contributed by atoms with Gasteiger partial charge in [-0.1, -0.05) is 18.2 Å². The van der Waals surface area contributed by atoms with Crippen molar-refractivity contribution in [3.05, 3.63) is 61.7 Å². The number of para-hydroxylation sites is 1. The van der Waals surface area contributed by atoms with E-state index in [0.717, 1.165) is 11.4 Å². The minimum absolute atomic E-state index is 0.141. The van der Waals surface area contributed by atoms with Crippen LogP contribution in [0.15, 0.2) is 42.5 Å². The molecular formula is C14H13IN2O2. The molecule has 98 valence electrons. The first-order chi connectivity index (χ1) is 9.00. The molecule has 5 heteroatoms. The van der Waals surface area contributed by atoms with Gasteiger partial charge >= 0.3 is 0 Å². The smallest absolute Gasteiger partial charge is 0.282 e. The van der Waals surface area contributed by atoms with Crippen LogP contribution in [0.25, 0.3) is 0 Å². The number of benzene rings is 2. The Kier molecular flexibility index (Phi) is 4.04. The minimum Gasteiger partial charge on any atom is -0.344 e. The zero-order chi connectivity index (χ0) is 14.0. The largest absolute Gasteiger partial charge is 0.344 e. The number of nitrogens with zero attached hydrogens (tertiary/aromatic N) is 2. The van der Waals surface area contributed by atoms with E-state index >= 15 is 0 Å². The number of hydrogen-bond donors (Lipinski definition) is 0. The van der Waals surface area contributed by atoms with Gasteiger partial charge in [0.05, 0.1) is 8.49 Å². The molecule has 0 radical (unpaired) electrons. The molecule has 0 saturated carbocycles. The maximum atomic E-state index is 10.8. The number of nitro groups is 1. The van der Waals surface area contributed by atoms with Gasteiger partial charge in [0.25, 0.3) is 5.69 Å². The van der Waals surface area contributed by atoms with Crippen molar-refractivity contribution in [3.8, 4) is 0 Å². The third-order valence-electron chi connectivity index (χ3n) is 2.99. The summed E-state index contributed by atoms with van der Waals surface area (Å²) >= 11 is 1.99. The zero-order valence-electron chi connectivity index (χ0n) is 10.6. The summed E-state index contributed by atoms with van der Waals surface area (Å²) in [6.45, 7) is 2.04. The number of rotatable bonds is 3. The topological polar surface area (TPSA) is 46.4 Å². The fourth-order valence-electron chi connectivity index (χ4n) is 1.93. The van der Waals surface area contributed by atoms with Crippen LogP contribution in [0.5, 0.6) is 0 Å². The van der Waals surface area contributed by atoms with Gasteiger partial charge in [0, 0.05) is 24.5 Å². The van der Waals surface area contributed by atoms with Crippen LogP contribution in [0.1, 0.15) is 5.56 Å². The Balaban J connectivity index is 2.40. The molecule has 2 aromatic carbocycles. The molecule has 0 aliphatic rings. The van der Waals surface area contributed by atoms with Gasteiger partial charge in [-0.05, 0) is 53.3 Å². The summed E-state index contributed by atoms with van der Waals surface area (Å²) in [5, 5.41) is 10.8. The third-order valence-corrected chi connectivity index (χ3v) is 3.86. The van der Waals surface area contributed by atoms with E-state index < -0.39 is 0 Å². The summed E-state index contributed by atoms with van der Waals surface area (Å²) in [6.07, 6.45) is 0. The first-order valence-corrected chi connectivity index (χ1v) is 6.82. The molecule has 0 spiro atoms. The molecule has 0 unspecified atom stereocenters. The van der Waals surface area contributed by atoms with E-state index in [1.54, 1.807) is 12.1 Å². The van der Waals surface area contributed by atoms with Gasteiger partial charge in [-0.3, -0.25) is 10.1 Å². The first-order valence-electron chi connectivity index (χ1n) is 5.74. The highest BCUT2D eigenvalue weighted by molar-refractivity contribution is 14.1. The van der Waals surface area contributed by atoms with E-state index in [-0.39, 0.29) is 10.6 Å². The second-order valence-corrected chi connectivity index (χ2v) is 5.40. The third kappa shape index (κ3) is 2.86. The minimum atomic E-state index is -0.362. The lowest BCUT2D eigenvalue weighted by Crippen LogP contribution is -2.11. The predicted octanol–water partition coefficient (Wildman–Crippen LogP) is 4.28. The molecule has 0 amide bonds. The number of nitro benzene ring substituents is 1. The van der Waals surface area contributed by atoms with Crippen molar-refractivity contribution in [2.45, 2.75) is 6.92 Å². The lowest BCUT2D eigenvalue weighted by atomic mass is 10.1. The summed E-state index contributed by atoms with van der Waals surface area (Å²) in [6, 6.07) is 13.2. The lowest BCUT2D eigenvalue weighted by molar-refractivity contribution is -0.385. The standard InChI is InChI=1S/C14H13IN2O2/c1-10-5-3-4-6-13(10)16(2)11-7-8-14(17(18)19)12(15)9-11/h3-9H,1-2H3. The lowest BCUT2D eigenvalue weighted by Gasteiger charge is -2.21. The van der Waals surface area contributed by atoms with Crippen LogP contribution in [-0.2, 0) is 0 Å². The van der Waals surface area contributed by atoms with Crippen molar-refractivity contribution in [1.82, 2.24) is 0 Å². The Labute approximate surface area is 125 Å². The Morgan fingerprint density at radius 2 is 1.89 bits per heavy atom. The second kappa shape index (κ2) is 5.56. The molecule has 19 heavy (non-hydrogen) atoms. The number of aryl methyl sites for hydroxylation is 1. The van der Waals surface area contributed by atoms with Crippen molar-refractivity contribution >= 4 is 39.7 Å². The van der Waals surface area contributed by atoms with Gasteiger partial charge < -0.3 is 4.90 Å². The maximum Gasteiger partial charge on any atom is 0.282 e. The monoisotopic (exact) mass is 368 g/mol. The molecule has 0 atom stereocenters.